The van der Waals surface area contributed by atoms with Crippen LogP contribution in [-0.4, -0.2) is 15.0 Å². The standard InChI is InChI=1S/C49H29N3O/c1-2-11-33(12-3-1)47-50-48(36-23-18-30-10-4-5-13-34(30)28-36)52-49(51-47)40-26-25-37(38-14-6-7-15-39(38)40)35-22-20-31-19-21-32-24-27-44-46(45(32)42(31)29-35)41-16-8-9-17-43(41)53-44/h1-29H. The maximum atomic E-state index is 6.31. The molecule has 53 heavy (non-hydrogen) atoms. The van der Waals surface area contributed by atoms with Gasteiger partial charge in [-0.25, -0.2) is 15.0 Å². The number of para-hydroxylation sites is 1. The summed E-state index contributed by atoms with van der Waals surface area (Å²) in [7, 11) is 0. The molecular weight excluding hydrogens is 647 g/mol. The molecular formula is C49H29N3O. The van der Waals surface area contributed by atoms with Crippen molar-refractivity contribution in [1.29, 1.82) is 0 Å². The van der Waals surface area contributed by atoms with Gasteiger partial charge < -0.3 is 4.42 Å². The van der Waals surface area contributed by atoms with E-state index >= 15 is 0 Å². The fourth-order valence-corrected chi connectivity index (χ4v) is 7.94. The highest BCUT2D eigenvalue weighted by atomic mass is 16.3. The first kappa shape index (κ1) is 29.5. The average Bonchev–Trinajstić information content (AvgIpc) is 3.62. The molecule has 0 aliphatic rings. The van der Waals surface area contributed by atoms with E-state index in [-0.39, 0.29) is 0 Å². The highest BCUT2D eigenvalue weighted by molar-refractivity contribution is 6.27. The monoisotopic (exact) mass is 675 g/mol. The minimum absolute atomic E-state index is 0.642. The molecule has 0 saturated heterocycles. The van der Waals surface area contributed by atoms with Crippen LogP contribution in [0, 0.1) is 0 Å². The number of aromatic nitrogens is 3. The van der Waals surface area contributed by atoms with Gasteiger partial charge in [0.25, 0.3) is 0 Å². The Morgan fingerprint density at radius 1 is 0.302 bits per heavy atom. The van der Waals surface area contributed by atoms with E-state index in [1.165, 1.54) is 26.9 Å². The first-order valence-corrected chi connectivity index (χ1v) is 17.9. The van der Waals surface area contributed by atoms with Crippen molar-refractivity contribution in [2.24, 2.45) is 0 Å². The average molecular weight is 676 g/mol. The maximum Gasteiger partial charge on any atom is 0.164 e. The zero-order valence-corrected chi connectivity index (χ0v) is 28.5. The normalized spacial score (nSPS) is 11.8. The Hall–Kier alpha value is -7.17. The smallest absolute Gasteiger partial charge is 0.164 e. The second-order valence-electron chi connectivity index (χ2n) is 13.6. The molecule has 0 bridgehead atoms. The number of nitrogens with zero attached hydrogens (tertiary/aromatic N) is 3. The maximum absolute atomic E-state index is 6.31. The van der Waals surface area contributed by atoms with Gasteiger partial charge in [0.15, 0.2) is 17.5 Å². The lowest BCUT2D eigenvalue weighted by Gasteiger charge is -2.14. The minimum atomic E-state index is 0.642. The molecule has 2 aromatic heterocycles. The molecule has 246 valence electrons. The molecule has 0 N–H and O–H groups in total. The van der Waals surface area contributed by atoms with E-state index in [9.17, 15) is 0 Å². The van der Waals surface area contributed by atoms with Gasteiger partial charge in [-0.1, -0.05) is 146 Å². The number of furan rings is 1. The van der Waals surface area contributed by atoms with Crippen LogP contribution in [0.1, 0.15) is 0 Å². The highest BCUT2D eigenvalue weighted by Crippen LogP contribution is 2.41. The molecule has 0 radical (unpaired) electrons. The molecule has 0 amide bonds. The van der Waals surface area contributed by atoms with Gasteiger partial charge in [-0.15, -0.1) is 0 Å². The van der Waals surface area contributed by atoms with Gasteiger partial charge in [-0.05, 0) is 79.2 Å². The summed E-state index contributed by atoms with van der Waals surface area (Å²) >= 11 is 0. The minimum Gasteiger partial charge on any atom is -0.456 e. The fraction of sp³-hybridized carbons (Fsp3) is 0. The quantitative estimate of drug-likeness (QED) is 0.174. The molecule has 0 unspecified atom stereocenters. The van der Waals surface area contributed by atoms with Gasteiger partial charge in [0.1, 0.15) is 11.2 Å². The van der Waals surface area contributed by atoms with Crippen molar-refractivity contribution in [3.05, 3.63) is 176 Å². The van der Waals surface area contributed by atoms with Gasteiger partial charge in [-0.2, -0.15) is 0 Å². The first-order valence-electron chi connectivity index (χ1n) is 17.9. The van der Waals surface area contributed by atoms with Crippen LogP contribution in [0.3, 0.4) is 0 Å². The largest absolute Gasteiger partial charge is 0.456 e. The van der Waals surface area contributed by atoms with E-state index in [4.69, 9.17) is 19.4 Å². The van der Waals surface area contributed by atoms with E-state index in [1.807, 2.05) is 42.5 Å². The van der Waals surface area contributed by atoms with Crippen LogP contribution >= 0.6 is 0 Å². The van der Waals surface area contributed by atoms with Crippen LogP contribution in [0.2, 0.25) is 0 Å². The molecule has 4 heteroatoms. The van der Waals surface area contributed by atoms with Crippen molar-refractivity contribution >= 4 is 65.0 Å². The van der Waals surface area contributed by atoms with Crippen molar-refractivity contribution in [3.8, 4) is 45.3 Å². The van der Waals surface area contributed by atoms with Crippen molar-refractivity contribution in [1.82, 2.24) is 15.0 Å². The first-order chi connectivity index (χ1) is 26.2. The van der Waals surface area contributed by atoms with E-state index in [0.29, 0.717) is 17.5 Å². The van der Waals surface area contributed by atoms with Gasteiger partial charge in [-0.3, -0.25) is 0 Å². The Morgan fingerprint density at radius 2 is 0.906 bits per heavy atom. The van der Waals surface area contributed by atoms with E-state index in [0.717, 1.165) is 65.9 Å². The summed E-state index contributed by atoms with van der Waals surface area (Å²) in [5.41, 5.74) is 6.97. The zero-order chi connectivity index (χ0) is 34.9. The van der Waals surface area contributed by atoms with E-state index < -0.39 is 0 Å². The van der Waals surface area contributed by atoms with Crippen molar-refractivity contribution in [2.75, 3.05) is 0 Å². The highest BCUT2D eigenvalue weighted by Gasteiger charge is 2.18. The summed E-state index contributed by atoms with van der Waals surface area (Å²) in [6, 6.07) is 61.7. The lowest BCUT2D eigenvalue weighted by molar-refractivity contribution is 0.669. The summed E-state index contributed by atoms with van der Waals surface area (Å²) in [4.78, 5) is 15.3. The molecule has 0 saturated carbocycles. The molecule has 0 fully saturated rings. The molecule has 0 atom stereocenters. The van der Waals surface area contributed by atoms with Crippen molar-refractivity contribution < 1.29 is 4.42 Å². The lowest BCUT2D eigenvalue weighted by atomic mass is 9.91. The summed E-state index contributed by atoms with van der Waals surface area (Å²) in [5, 5.41) is 11.7. The summed E-state index contributed by atoms with van der Waals surface area (Å²) in [6.45, 7) is 0. The third kappa shape index (κ3) is 4.80. The van der Waals surface area contributed by atoms with Gasteiger partial charge >= 0.3 is 0 Å². The van der Waals surface area contributed by atoms with E-state index in [1.54, 1.807) is 0 Å². The summed E-state index contributed by atoms with van der Waals surface area (Å²) in [5.74, 6) is 1.93. The predicted octanol–water partition coefficient (Wildman–Crippen LogP) is 13.1. The number of fused-ring (bicyclic) bond motifs is 9. The van der Waals surface area contributed by atoms with Crippen LogP contribution in [-0.2, 0) is 0 Å². The van der Waals surface area contributed by atoms with Crippen LogP contribution in [0.4, 0.5) is 0 Å². The Morgan fingerprint density at radius 3 is 1.77 bits per heavy atom. The molecule has 4 nitrogen and oxygen atoms in total. The summed E-state index contributed by atoms with van der Waals surface area (Å²) in [6.07, 6.45) is 0. The number of rotatable bonds is 4. The molecule has 0 aliphatic carbocycles. The van der Waals surface area contributed by atoms with Gasteiger partial charge in [0.2, 0.25) is 0 Å². The Kier molecular flexibility index (Phi) is 6.52. The third-order valence-corrected chi connectivity index (χ3v) is 10.5. The van der Waals surface area contributed by atoms with Crippen LogP contribution in [0.15, 0.2) is 180 Å². The zero-order valence-electron chi connectivity index (χ0n) is 28.5. The molecule has 2 heterocycles. The number of hydrogen-bond acceptors (Lipinski definition) is 4. The second-order valence-corrected chi connectivity index (χ2v) is 13.6. The molecule has 0 aliphatic heterocycles. The fourth-order valence-electron chi connectivity index (χ4n) is 7.94. The molecule has 11 aromatic rings. The second kappa shape index (κ2) is 11.7. The van der Waals surface area contributed by atoms with Gasteiger partial charge in [0, 0.05) is 32.8 Å². The van der Waals surface area contributed by atoms with Crippen LogP contribution in [0.25, 0.3) is 110 Å². The number of hydrogen-bond donors (Lipinski definition) is 0. The van der Waals surface area contributed by atoms with Crippen molar-refractivity contribution in [3.63, 3.8) is 0 Å². The molecule has 9 aromatic carbocycles. The third-order valence-electron chi connectivity index (χ3n) is 10.5. The number of benzene rings is 9. The van der Waals surface area contributed by atoms with Crippen molar-refractivity contribution in [2.45, 2.75) is 0 Å². The SMILES string of the molecule is c1ccc(-c2nc(-c3ccc4ccccc4c3)nc(-c3ccc(-c4ccc5ccc6ccc7oc8ccccc8c7c6c5c4)c4ccccc34)n2)cc1. The Balaban J connectivity index is 1.12. The van der Waals surface area contributed by atoms with Crippen LogP contribution in [0.5, 0.6) is 0 Å². The predicted molar refractivity (Wildman–Crippen MR) is 219 cm³/mol. The topological polar surface area (TPSA) is 51.8 Å². The summed E-state index contributed by atoms with van der Waals surface area (Å²) < 4.78 is 6.31. The molecule has 11 rings (SSSR count). The molecule has 0 spiro atoms. The lowest BCUT2D eigenvalue weighted by Crippen LogP contribution is -2.00. The van der Waals surface area contributed by atoms with Crippen LogP contribution < -0.4 is 0 Å². The Labute approximate surface area is 304 Å². The van der Waals surface area contributed by atoms with E-state index in [2.05, 4.69) is 133 Å². The Bertz CT molecular complexity index is 3240. The van der Waals surface area contributed by atoms with Gasteiger partial charge in [0.05, 0.1) is 0 Å².